The first-order chi connectivity index (χ1) is 8.41. The molecule has 0 saturated carbocycles. The van der Waals surface area contributed by atoms with Crippen LogP contribution in [0, 0.1) is 12.7 Å². The van der Waals surface area contributed by atoms with Crippen LogP contribution in [-0.2, 0) is 10.0 Å². The van der Waals surface area contributed by atoms with Gasteiger partial charge in [0.05, 0.1) is 11.0 Å². The molecular weight excluding hydrogens is 257 g/mol. The van der Waals surface area contributed by atoms with E-state index in [0.717, 1.165) is 6.07 Å². The Bertz CT molecular complexity index is 544. The van der Waals surface area contributed by atoms with E-state index in [1.807, 2.05) is 0 Å². The molecule has 100 valence electrons. The topological polar surface area (TPSA) is 57.6 Å². The molecule has 1 aliphatic rings. The number of rotatable bonds is 2. The highest BCUT2D eigenvalue weighted by atomic mass is 32.2. The Morgan fingerprint density at radius 2 is 2.17 bits per heavy atom. The molecule has 1 atom stereocenters. The summed E-state index contributed by atoms with van der Waals surface area (Å²) in [6, 6.07) is 3.88. The van der Waals surface area contributed by atoms with Crippen molar-refractivity contribution in [2.45, 2.75) is 30.8 Å². The van der Waals surface area contributed by atoms with Crippen LogP contribution in [0.3, 0.4) is 0 Å². The van der Waals surface area contributed by atoms with Crippen LogP contribution >= 0.6 is 0 Å². The molecule has 4 nitrogen and oxygen atoms in total. The number of benzene rings is 1. The van der Waals surface area contributed by atoms with Crippen molar-refractivity contribution in [3.63, 3.8) is 0 Å². The van der Waals surface area contributed by atoms with Crippen molar-refractivity contribution in [1.82, 2.24) is 4.31 Å². The summed E-state index contributed by atoms with van der Waals surface area (Å²) in [6.45, 7) is 2.03. The number of nitrogens with zero attached hydrogens (tertiary/aromatic N) is 1. The minimum Gasteiger partial charge on any atom is -0.392 e. The Labute approximate surface area is 106 Å². The lowest BCUT2D eigenvalue weighted by Gasteiger charge is -2.29. The second-order valence-electron chi connectivity index (χ2n) is 4.57. The molecule has 1 heterocycles. The van der Waals surface area contributed by atoms with Gasteiger partial charge in [0.1, 0.15) is 5.82 Å². The standard InChI is InChI=1S/C12H16FNO3S/c1-9-4-5-11(7-12(9)13)18(16,17)14-6-2-3-10(15)8-14/h4-5,7,10,15H,2-3,6,8H2,1H3. The molecule has 0 aliphatic carbocycles. The zero-order valence-electron chi connectivity index (χ0n) is 10.1. The molecule has 1 saturated heterocycles. The molecule has 1 N–H and O–H groups in total. The van der Waals surface area contributed by atoms with Crippen LogP contribution in [0.1, 0.15) is 18.4 Å². The van der Waals surface area contributed by atoms with E-state index in [9.17, 15) is 17.9 Å². The summed E-state index contributed by atoms with van der Waals surface area (Å²) in [4.78, 5) is -0.0558. The predicted molar refractivity (Wildman–Crippen MR) is 65.1 cm³/mol. The van der Waals surface area contributed by atoms with Gasteiger partial charge in [-0.3, -0.25) is 0 Å². The number of sulfonamides is 1. The van der Waals surface area contributed by atoms with Crippen molar-refractivity contribution in [3.8, 4) is 0 Å². The summed E-state index contributed by atoms with van der Waals surface area (Å²) in [5.74, 6) is -0.534. The average Bonchev–Trinajstić information content (AvgIpc) is 2.32. The van der Waals surface area contributed by atoms with E-state index in [1.54, 1.807) is 6.92 Å². The van der Waals surface area contributed by atoms with Crippen LogP contribution in [0.4, 0.5) is 4.39 Å². The summed E-state index contributed by atoms with van der Waals surface area (Å²) < 4.78 is 39.1. The van der Waals surface area contributed by atoms with Gasteiger partial charge in [-0.25, -0.2) is 12.8 Å². The van der Waals surface area contributed by atoms with E-state index in [1.165, 1.54) is 16.4 Å². The van der Waals surface area contributed by atoms with Gasteiger partial charge >= 0.3 is 0 Å². The predicted octanol–water partition coefficient (Wildman–Crippen LogP) is 1.28. The number of hydrogen-bond acceptors (Lipinski definition) is 3. The fraction of sp³-hybridized carbons (Fsp3) is 0.500. The molecule has 6 heteroatoms. The number of aryl methyl sites for hydroxylation is 1. The zero-order valence-corrected chi connectivity index (χ0v) is 11.0. The van der Waals surface area contributed by atoms with Gasteiger partial charge in [0.2, 0.25) is 10.0 Å². The maximum atomic E-state index is 13.4. The SMILES string of the molecule is Cc1ccc(S(=O)(=O)N2CCCC(O)C2)cc1F. The first-order valence-corrected chi connectivity index (χ1v) is 7.29. The van der Waals surface area contributed by atoms with Crippen LogP contribution in [-0.4, -0.2) is 37.0 Å². The van der Waals surface area contributed by atoms with Gasteiger partial charge in [-0.2, -0.15) is 4.31 Å². The van der Waals surface area contributed by atoms with Crippen molar-refractivity contribution in [2.75, 3.05) is 13.1 Å². The highest BCUT2D eigenvalue weighted by Crippen LogP contribution is 2.22. The molecule has 2 rings (SSSR count). The summed E-state index contributed by atoms with van der Waals surface area (Å²) in [6.07, 6.45) is 0.590. The van der Waals surface area contributed by atoms with Crippen LogP contribution in [0.15, 0.2) is 23.1 Å². The largest absolute Gasteiger partial charge is 0.392 e. The Hall–Kier alpha value is -0.980. The summed E-state index contributed by atoms with van der Waals surface area (Å²) in [5, 5.41) is 9.51. The van der Waals surface area contributed by atoms with Crippen LogP contribution < -0.4 is 0 Å². The lowest BCUT2D eigenvalue weighted by molar-refractivity contribution is 0.108. The molecule has 0 spiro atoms. The van der Waals surface area contributed by atoms with Gasteiger partial charge in [0.15, 0.2) is 0 Å². The number of halogens is 1. The third-order valence-corrected chi connectivity index (χ3v) is 5.00. The molecule has 0 amide bonds. The lowest BCUT2D eigenvalue weighted by Crippen LogP contribution is -2.42. The van der Waals surface area contributed by atoms with Crippen molar-refractivity contribution < 1.29 is 17.9 Å². The van der Waals surface area contributed by atoms with Crippen molar-refractivity contribution in [3.05, 3.63) is 29.6 Å². The molecule has 1 aliphatic heterocycles. The minimum absolute atomic E-state index is 0.0558. The van der Waals surface area contributed by atoms with Gasteiger partial charge in [-0.05, 0) is 37.5 Å². The number of β-amino-alcohol motifs (C(OH)–C–C–N with tert-alkyl or cyclic N) is 1. The fourth-order valence-electron chi connectivity index (χ4n) is 2.02. The monoisotopic (exact) mass is 273 g/mol. The highest BCUT2D eigenvalue weighted by molar-refractivity contribution is 7.89. The number of aliphatic hydroxyl groups excluding tert-OH is 1. The molecule has 1 aromatic rings. The number of aliphatic hydroxyl groups is 1. The Balaban J connectivity index is 2.32. The Morgan fingerprint density at radius 3 is 2.78 bits per heavy atom. The second kappa shape index (κ2) is 4.95. The second-order valence-corrected chi connectivity index (χ2v) is 6.51. The molecule has 0 aromatic heterocycles. The van der Waals surface area contributed by atoms with Crippen LogP contribution in [0.2, 0.25) is 0 Å². The first kappa shape index (κ1) is 13.5. The normalized spacial score (nSPS) is 22.1. The van der Waals surface area contributed by atoms with E-state index in [4.69, 9.17) is 0 Å². The van der Waals surface area contributed by atoms with Crippen molar-refractivity contribution in [1.29, 1.82) is 0 Å². The van der Waals surface area contributed by atoms with E-state index < -0.39 is 21.9 Å². The van der Waals surface area contributed by atoms with Gasteiger partial charge in [-0.15, -0.1) is 0 Å². The molecule has 0 bridgehead atoms. The van der Waals surface area contributed by atoms with E-state index in [-0.39, 0.29) is 11.4 Å². The maximum Gasteiger partial charge on any atom is 0.243 e. The number of hydrogen-bond donors (Lipinski definition) is 1. The van der Waals surface area contributed by atoms with Gasteiger partial charge < -0.3 is 5.11 Å². The minimum atomic E-state index is -3.70. The molecule has 0 radical (unpaired) electrons. The van der Waals surface area contributed by atoms with Crippen molar-refractivity contribution in [2.24, 2.45) is 0 Å². The van der Waals surface area contributed by atoms with E-state index >= 15 is 0 Å². The van der Waals surface area contributed by atoms with Gasteiger partial charge in [0, 0.05) is 13.1 Å². The Kier molecular flexibility index (Phi) is 3.70. The lowest BCUT2D eigenvalue weighted by atomic mass is 10.1. The van der Waals surface area contributed by atoms with Crippen molar-refractivity contribution >= 4 is 10.0 Å². The third kappa shape index (κ3) is 2.55. The fourth-order valence-corrected chi connectivity index (χ4v) is 3.55. The highest BCUT2D eigenvalue weighted by Gasteiger charge is 2.29. The zero-order chi connectivity index (χ0) is 13.3. The smallest absolute Gasteiger partial charge is 0.243 e. The molecular formula is C12H16FNO3S. The summed E-state index contributed by atoms with van der Waals surface area (Å²) in [5.41, 5.74) is 0.410. The van der Waals surface area contributed by atoms with Crippen LogP contribution in [0.25, 0.3) is 0 Å². The number of piperidine rings is 1. The quantitative estimate of drug-likeness (QED) is 0.883. The van der Waals surface area contributed by atoms with Gasteiger partial charge in [-0.1, -0.05) is 6.07 Å². The van der Waals surface area contributed by atoms with Gasteiger partial charge in [0.25, 0.3) is 0 Å². The summed E-state index contributed by atoms with van der Waals surface area (Å²) in [7, 11) is -3.70. The Morgan fingerprint density at radius 1 is 1.44 bits per heavy atom. The van der Waals surface area contributed by atoms with E-state index in [0.29, 0.717) is 24.9 Å². The average molecular weight is 273 g/mol. The molecule has 1 unspecified atom stereocenters. The van der Waals surface area contributed by atoms with Crippen LogP contribution in [0.5, 0.6) is 0 Å². The third-order valence-electron chi connectivity index (χ3n) is 3.14. The summed E-state index contributed by atoms with van der Waals surface area (Å²) >= 11 is 0. The van der Waals surface area contributed by atoms with E-state index in [2.05, 4.69) is 0 Å². The molecule has 1 aromatic carbocycles. The first-order valence-electron chi connectivity index (χ1n) is 5.85. The molecule has 1 fully saturated rings. The maximum absolute atomic E-state index is 13.4. The molecule has 18 heavy (non-hydrogen) atoms.